The van der Waals surface area contributed by atoms with Gasteiger partial charge in [-0.25, -0.2) is 18.1 Å². The Kier molecular flexibility index (Phi) is 9.45. The maximum atomic E-state index is 14.5. The van der Waals surface area contributed by atoms with Crippen molar-refractivity contribution in [2.75, 3.05) is 25.4 Å². The highest BCUT2D eigenvalue weighted by Crippen LogP contribution is 2.35. The number of nitrogens with zero attached hydrogens (tertiary/aromatic N) is 4. The molecule has 246 valence electrons. The number of aromatic nitrogens is 2. The molecule has 1 aromatic heterocycles. The first kappa shape index (κ1) is 33.4. The Labute approximate surface area is 272 Å². The molecule has 2 aromatic carbocycles. The highest BCUT2D eigenvalue weighted by Gasteiger charge is 2.38. The molecule has 5 rings (SSSR count). The summed E-state index contributed by atoms with van der Waals surface area (Å²) < 4.78 is 36.3. The smallest absolute Gasteiger partial charge is 0.264 e. The third-order valence-corrected chi connectivity index (χ3v) is 10.2. The molecule has 0 spiro atoms. The predicted octanol–water partition coefficient (Wildman–Crippen LogP) is 5.85. The minimum absolute atomic E-state index is 0.0613. The fourth-order valence-corrected chi connectivity index (χ4v) is 7.73. The highest BCUT2D eigenvalue weighted by atomic mass is 32.2. The molecule has 11 heteroatoms. The summed E-state index contributed by atoms with van der Waals surface area (Å²) in [6.07, 6.45) is 3.28. The molecule has 1 N–H and O–H groups in total. The van der Waals surface area contributed by atoms with E-state index in [2.05, 4.69) is 35.5 Å². The lowest BCUT2D eigenvalue weighted by Crippen LogP contribution is -2.52. The molecule has 10 nitrogen and oxygen atoms in total. The molecule has 2 amide bonds. The van der Waals surface area contributed by atoms with Crippen LogP contribution >= 0.6 is 0 Å². The van der Waals surface area contributed by atoms with Crippen molar-refractivity contribution in [3.63, 3.8) is 0 Å². The summed E-state index contributed by atoms with van der Waals surface area (Å²) in [4.78, 5) is 39.8. The second-order valence-corrected chi connectivity index (χ2v) is 15.7. The van der Waals surface area contributed by atoms with Crippen LogP contribution in [-0.4, -0.2) is 72.8 Å². The van der Waals surface area contributed by atoms with Crippen LogP contribution in [-0.2, 0) is 14.8 Å². The van der Waals surface area contributed by atoms with Gasteiger partial charge in [0.25, 0.3) is 15.9 Å². The number of ether oxygens (including phenoxy) is 1. The molecule has 2 heterocycles. The molecular weight excluding hydrogens is 602 g/mol. The van der Waals surface area contributed by atoms with E-state index < -0.39 is 10.0 Å². The molecule has 1 atom stereocenters. The van der Waals surface area contributed by atoms with Crippen molar-refractivity contribution in [1.29, 1.82) is 0 Å². The van der Waals surface area contributed by atoms with E-state index >= 15 is 0 Å². The summed E-state index contributed by atoms with van der Waals surface area (Å²) in [5.74, 6) is -0.140. The van der Waals surface area contributed by atoms with Crippen LogP contribution in [0.1, 0.15) is 74.4 Å². The molecule has 3 aromatic rings. The first-order chi connectivity index (χ1) is 21.6. The average Bonchev–Trinajstić information content (AvgIpc) is 2.98. The largest absolute Gasteiger partial charge is 0.475 e. The minimum Gasteiger partial charge on any atom is -0.475 e. The van der Waals surface area contributed by atoms with Crippen LogP contribution in [0.3, 0.4) is 0 Å². The maximum Gasteiger partial charge on any atom is 0.264 e. The van der Waals surface area contributed by atoms with Gasteiger partial charge in [0.2, 0.25) is 17.7 Å². The highest BCUT2D eigenvalue weighted by molar-refractivity contribution is 7.92. The summed E-state index contributed by atoms with van der Waals surface area (Å²) in [6, 6.07) is 13.3. The molecule has 0 radical (unpaired) electrons. The van der Waals surface area contributed by atoms with Crippen molar-refractivity contribution in [2.24, 2.45) is 11.3 Å². The number of anilines is 1. The molecule has 2 aliphatic rings. The molecule has 1 aliphatic heterocycles. The maximum absolute atomic E-state index is 14.5. The third kappa shape index (κ3) is 7.35. The van der Waals surface area contributed by atoms with Gasteiger partial charge in [0.1, 0.15) is 6.61 Å². The number of carbonyl (C=O) groups excluding carboxylic acids is 2. The molecular formula is C35H45N5O5S. The Bertz CT molecular complexity index is 1710. The number of benzene rings is 2. The predicted molar refractivity (Wildman–Crippen MR) is 178 cm³/mol. The number of aryl methyl sites for hydroxylation is 2. The quantitative estimate of drug-likeness (QED) is 0.377. The Morgan fingerprint density at radius 3 is 2.28 bits per heavy atom. The van der Waals surface area contributed by atoms with Crippen LogP contribution in [0.4, 0.5) is 5.95 Å². The fourth-order valence-electron chi connectivity index (χ4n) is 6.74. The first-order valence-electron chi connectivity index (χ1n) is 15.9. The Morgan fingerprint density at radius 1 is 1.00 bits per heavy atom. The van der Waals surface area contributed by atoms with Crippen molar-refractivity contribution in [2.45, 2.75) is 83.7 Å². The van der Waals surface area contributed by atoms with E-state index in [-0.39, 0.29) is 64.1 Å². The summed E-state index contributed by atoms with van der Waals surface area (Å²) in [6.45, 7) is 10.5. The lowest BCUT2D eigenvalue weighted by molar-refractivity contribution is -0.134. The second kappa shape index (κ2) is 13.0. The summed E-state index contributed by atoms with van der Waals surface area (Å²) in [5.41, 5.74) is 3.48. The van der Waals surface area contributed by atoms with Gasteiger partial charge in [0, 0.05) is 43.2 Å². The Hall–Kier alpha value is -3.99. The first-order valence-corrected chi connectivity index (χ1v) is 17.4. The Morgan fingerprint density at radius 2 is 1.65 bits per heavy atom. The number of hydrogen-bond donors (Lipinski definition) is 1. The number of hydrogen-bond acceptors (Lipinski definition) is 7. The van der Waals surface area contributed by atoms with E-state index in [4.69, 9.17) is 4.74 Å². The Balaban J connectivity index is 1.63. The van der Waals surface area contributed by atoms with Gasteiger partial charge in [0.15, 0.2) is 0 Å². The third-order valence-electron chi connectivity index (χ3n) is 8.84. The van der Waals surface area contributed by atoms with E-state index in [9.17, 15) is 18.0 Å². The minimum atomic E-state index is -4.15. The van der Waals surface area contributed by atoms with Crippen molar-refractivity contribution < 1.29 is 22.7 Å². The zero-order chi connectivity index (χ0) is 33.4. The lowest BCUT2D eigenvalue weighted by Gasteiger charge is -2.43. The number of nitrogens with one attached hydrogen (secondary N) is 1. The van der Waals surface area contributed by atoms with E-state index in [1.54, 1.807) is 37.2 Å². The second-order valence-electron chi connectivity index (χ2n) is 14.0. The van der Waals surface area contributed by atoms with Crippen LogP contribution in [0.15, 0.2) is 53.4 Å². The number of amides is 2. The molecule has 0 unspecified atom stereocenters. The molecule has 46 heavy (non-hydrogen) atoms. The van der Waals surface area contributed by atoms with Crippen molar-refractivity contribution in [1.82, 2.24) is 19.8 Å². The average molecular weight is 648 g/mol. The monoisotopic (exact) mass is 647 g/mol. The van der Waals surface area contributed by atoms with Crippen LogP contribution in [0.25, 0.3) is 11.3 Å². The van der Waals surface area contributed by atoms with Gasteiger partial charge in [-0.05, 0) is 80.7 Å². The van der Waals surface area contributed by atoms with Gasteiger partial charge in [-0.3, -0.25) is 9.59 Å². The van der Waals surface area contributed by atoms with E-state index in [1.807, 2.05) is 36.9 Å². The SMILES string of the molecule is Cc1cccc(C)c1-c1cc2nc(n1)NS(=O)(=O)c1cccc(c1)C(=O)N([C@H]1CC[C@H](C(=O)N(C)C)CC1)[C@H](CC(C)(C)C)CO2. The molecule has 4 bridgehead atoms. The van der Waals surface area contributed by atoms with Gasteiger partial charge in [-0.15, -0.1) is 0 Å². The van der Waals surface area contributed by atoms with Crippen molar-refractivity contribution >= 4 is 27.8 Å². The summed E-state index contributed by atoms with van der Waals surface area (Å²) in [7, 11) is -0.611. The fraction of sp³-hybridized carbons (Fsp3) is 0.486. The number of sulfonamides is 1. The topological polar surface area (TPSA) is 122 Å². The summed E-state index contributed by atoms with van der Waals surface area (Å²) in [5, 5.41) is 0. The summed E-state index contributed by atoms with van der Waals surface area (Å²) >= 11 is 0. The standard InChI is InChI=1S/C35H45N5O5S/c1-22-10-8-11-23(2)31(22)29-19-30-37-34(36-29)38-46(43,44)28-13-9-12-25(18-28)33(42)40(27(21-45-30)20-35(3,4)5)26-16-14-24(15-17-26)32(41)39(6)7/h8-13,18-19,24,26-27H,14-17,20-21H2,1-7H3,(H,36,37,38)/t24-,26-,27-/m1/s1. The molecule has 1 saturated carbocycles. The van der Waals surface area contributed by atoms with E-state index in [0.29, 0.717) is 37.8 Å². The number of carbonyl (C=O) groups is 2. The van der Waals surface area contributed by atoms with Gasteiger partial charge < -0.3 is 14.5 Å². The van der Waals surface area contributed by atoms with Crippen LogP contribution in [0.5, 0.6) is 5.88 Å². The van der Waals surface area contributed by atoms with Gasteiger partial charge >= 0.3 is 0 Å². The van der Waals surface area contributed by atoms with Crippen LogP contribution in [0, 0.1) is 25.2 Å². The van der Waals surface area contributed by atoms with Crippen molar-refractivity contribution in [3.05, 3.63) is 65.2 Å². The van der Waals surface area contributed by atoms with Crippen molar-refractivity contribution in [3.8, 4) is 17.1 Å². The van der Waals surface area contributed by atoms with E-state index in [0.717, 1.165) is 16.7 Å². The zero-order valence-electron chi connectivity index (χ0n) is 27.8. The van der Waals surface area contributed by atoms with Gasteiger partial charge in [-0.1, -0.05) is 45.0 Å². The van der Waals surface area contributed by atoms with Gasteiger partial charge in [0.05, 0.1) is 16.6 Å². The van der Waals surface area contributed by atoms with Crippen LogP contribution in [0.2, 0.25) is 0 Å². The lowest BCUT2D eigenvalue weighted by atomic mass is 9.82. The molecule has 0 saturated heterocycles. The number of rotatable bonds is 4. The molecule has 1 fully saturated rings. The van der Waals surface area contributed by atoms with E-state index in [1.165, 1.54) is 12.1 Å². The van der Waals surface area contributed by atoms with Gasteiger partial charge in [-0.2, -0.15) is 4.98 Å². The zero-order valence-corrected chi connectivity index (χ0v) is 28.6. The normalized spacial score (nSPS) is 21.6. The molecule has 1 aliphatic carbocycles. The number of fused-ring (bicyclic) bond motifs is 4. The van der Waals surface area contributed by atoms with Crippen LogP contribution < -0.4 is 9.46 Å².